The summed E-state index contributed by atoms with van der Waals surface area (Å²) in [5.41, 5.74) is 0. The third-order valence-electron chi connectivity index (χ3n) is 2.77. The van der Waals surface area contributed by atoms with E-state index in [1.165, 1.54) is 0 Å². The van der Waals surface area contributed by atoms with Crippen molar-refractivity contribution in [3.05, 3.63) is 28.7 Å². The van der Waals surface area contributed by atoms with Gasteiger partial charge in [0.15, 0.2) is 0 Å². The molecule has 0 spiro atoms. The van der Waals surface area contributed by atoms with Crippen molar-refractivity contribution in [1.29, 1.82) is 0 Å². The van der Waals surface area contributed by atoms with Crippen LogP contribution in [0.4, 0.5) is 0 Å². The summed E-state index contributed by atoms with van der Waals surface area (Å²) in [5.74, 6) is 0.279. The van der Waals surface area contributed by atoms with E-state index in [9.17, 15) is 9.59 Å². The first kappa shape index (κ1) is 17.7. The van der Waals surface area contributed by atoms with Crippen LogP contribution in [0.2, 0.25) is 0 Å². The van der Waals surface area contributed by atoms with E-state index in [1.807, 2.05) is 0 Å². The van der Waals surface area contributed by atoms with Gasteiger partial charge in [-0.15, -0.1) is 0 Å². The van der Waals surface area contributed by atoms with Crippen LogP contribution in [-0.2, 0) is 14.3 Å². The molecule has 0 aliphatic rings. The van der Waals surface area contributed by atoms with Crippen molar-refractivity contribution in [2.75, 3.05) is 6.61 Å². The van der Waals surface area contributed by atoms with Crippen LogP contribution in [0.1, 0.15) is 39.5 Å². The maximum absolute atomic E-state index is 11.6. The van der Waals surface area contributed by atoms with E-state index in [0.717, 1.165) is 17.3 Å². The summed E-state index contributed by atoms with van der Waals surface area (Å²) in [5, 5.41) is 0. The van der Waals surface area contributed by atoms with Gasteiger partial charge in [-0.05, 0) is 43.0 Å². The van der Waals surface area contributed by atoms with Gasteiger partial charge < -0.3 is 9.47 Å². The minimum absolute atomic E-state index is 0.0269. The predicted octanol–water partition coefficient (Wildman–Crippen LogP) is 4.11. The molecule has 0 saturated carbocycles. The van der Waals surface area contributed by atoms with Crippen LogP contribution in [0, 0.1) is 5.92 Å². The zero-order valence-electron chi connectivity index (χ0n) is 12.4. The van der Waals surface area contributed by atoms with Crippen LogP contribution >= 0.6 is 15.9 Å². The summed E-state index contributed by atoms with van der Waals surface area (Å²) >= 11 is 3.30. The van der Waals surface area contributed by atoms with Crippen molar-refractivity contribution < 1.29 is 19.1 Å². The SMILES string of the molecule is CC(C)CCCOC(=O)CCC(=O)Oc1ccc(Br)cc1. The number of hydrogen-bond acceptors (Lipinski definition) is 4. The van der Waals surface area contributed by atoms with Crippen molar-refractivity contribution in [3.8, 4) is 5.75 Å². The molecule has 5 heteroatoms. The number of carbonyl (C=O) groups excluding carboxylic acids is 2. The fourth-order valence-electron chi connectivity index (χ4n) is 1.64. The molecule has 0 heterocycles. The topological polar surface area (TPSA) is 52.6 Å². The van der Waals surface area contributed by atoms with Gasteiger partial charge in [-0.25, -0.2) is 0 Å². The Labute approximate surface area is 133 Å². The highest BCUT2D eigenvalue weighted by Gasteiger charge is 2.10. The lowest BCUT2D eigenvalue weighted by atomic mass is 10.1. The normalized spacial score (nSPS) is 10.5. The third-order valence-corrected chi connectivity index (χ3v) is 3.30. The Morgan fingerprint density at radius 3 is 2.33 bits per heavy atom. The number of benzene rings is 1. The molecular weight excluding hydrogens is 336 g/mol. The van der Waals surface area contributed by atoms with E-state index in [1.54, 1.807) is 24.3 Å². The van der Waals surface area contributed by atoms with E-state index >= 15 is 0 Å². The van der Waals surface area contributed by atoms with Gasteiger partial charge in [-0.2, -0.15) is 0 Å². The summed E-state index contributed by atoms with van der Waals surface area (Å²) in [4.78, 5) is 23.0. The molecule has 0 atom stereocenters. The number of hydrogen-bond donors (Lipinski definition) is 0. The Balaban J connectivity index is 2.17. The quantitative estimate of drug-likeness (QED) is 0.399. The van der Waals surface area contributed by atoms with Crippen LogP contribution < -0.4 is 4.74 Å². The Bertz CT molecular complexity index is 454. The molecule has 0 N–H and O–H groups in total. The average Bonchev–Trinajstić information content (AvgIpc) is 2.44. The first-order chi connectivity index (χ1) is 9.97. The molecule has 21 heavy (non-hydrogen) atoms. The zero-order valence-corrected chi connectivity index (χ0v) is 14.0. The Hall–Kier alpha value is -1.36. The van der Waals surface area contributed by atoms with Gasteiger partial charge >= 0.3 is 11.9 Å². The summed E-state index contributed by atoms with van der Waals surface area (Å²) in [7, 11) is 0. The number of rotatable bonds is 8. The number of carbonyl (C=O) groups is 2. The minimum Gasteiger partial charge on any atom is -0.466 e. The molecule has 116 valence electrons. The fourth-order valence-corrected chi connectivity index (χ4v) is 1.90. The molecular formula is C16H21BrO4. The molecule has 0 bridgehead atoms. The third kappa shape index (κ3) is 8.50. The van der Waals surface area contributed by atoms with Gasteiger partial charge in [0.2, 0.25) is 0 Å². The molecule has 1 aromatic carbocycles. The van der Waals surface area contributed by atoms with Crippen molar-refractivity contribution in [2.24, 2.45) is 5.92 Å². The lowest BCUT2D eigenvalue weighted by Crippen LogP contribution is -2.13. The maximum Gasteiger partial charge on any atom is 0.311 e. The molecule has 0 radical (unpaired) electrons. The second kappa shape index (κ2) is 9.55. The molecule has 0 aliphatic carbocycles. The van der Waals surface area contributed by atoms with Crippen LogP contribution in [0.3, 0.4) is 0 Å². The molecule has 1 rings (SSSR count). The maximum atomic E-state index is 11.6. The highest BCUT2D eigenvalue weighted by molar-refractivity contribution is 9.10. The Kier molecular flexibility index (Phi) is 8.05. The molecule has 0 amide bonds. The van der Waals surface area contributed by atoms with Crippen LogP contribution in [-0.4, -0.2) is 18.5 Å². The Morgan fingerprint density at radius 1 is 1.10 bits per heavy atom. The van der Waals surface area contributed by atoms with E-state index < -0.39 is 5.97 Å². The van der Waals surface area contributed by atoms with Crippen molar-refractivity contribution in [3.63, 3.8) is 0 Å². The molecule has 0 unspecified atom stereocenters. The van der Waals surface area contributed by atoms with Gasteiger partial charge in [0, 0.05) is 4.47 Å². The minimum atomic E-state index is -0.434. The number of halogens is 1. The van der Waals surface area contributed by atoms with Crippen LogP contribution in [0.5, 0.6) is 5.75 Å². The lowest BCUT2D eigenvalue weighted by molar-refractivity contribution is -0.147. The molecule has 0 aromatic heterocycles. The average molecular weight is 357 g/mol. The first-order valence-corrected chi connectivity index (χ1v) is 7.88. The number of ether oxygens (including phenoxy) is 2. The van der Waals surface area contributed by atoms with Crippen LogP contribution in [0.15, 0.2) is 28.7 Å². The van der Waals surface area contributed by atoms with Crippen molar-refractivity contribution in [1.82, 2.24) is 0 Å². The highest BCUT2D eigenvalue weighted by Crippen LogP contribution is 2.16. The van der Waals surface area contributed by atoms with Gasteiger partial charge in [0.1, 0.15) is 5.75 Å². The smallest absolute Gasteiger partial charge is 0.311 e. The second-order valence-corrected chi connectivity index (χ2v) is 6.10. The van der Waals surface area contributed by atoms with E-state index in [4.69, 9.17) is 9.47 Å². The van der Waals surface area contributed by atoms with E-state index in [-0.39, 0.29) is 18.8 Å². The molecule has 0 fully saturated rings. The van der Waals surface area contributed by atoms with E-state index in [2.05, 4.69) is 29.8 Å². The standard InChI is InChI=1S/C16H21BrO4/c1-12(2)4-3-11-20-15(18)9-10-16(19)21-14-7-5-13(17)6-8-14/h5-8,12H,3-4,9-11H2,1-2H3. The second-order valence-electron chi connectivity index (χ2n) is 5.18. The van der Waals surface area contributed by atoms with Gasteiger partial charge in [0.25, 0.3) is 0 Å². The lowest BCUT2D eigenvalue weighted by Gasteiger charge is -2.07. The molecule has 0 aliphatic heterocycles. The summed E-state index contributed by atoms with van der Waals surface area (Å²) in [6.07, 6.45) is 1.96. The van der Waals surface area contributed by atoms with Crippen molar-refractivity contribution in [2.45, 2.75) is 39.5 Å². The molecule has 0 saturated heterocycles. The zero-order chi connectivity index (χ0) is 15.7. The van der Waals surface area contributed by atoms with Gasteiger partial charge in [-0.3, -0.25) is 9.59 Å². The fraction of sp³-hybridized carbons (Fsp3) is 0.500. The molecule has 4 nitrogen and oxygen atoms in total. The Morgan fingerprint density at radius 2 is 1.71 bits per heavy atom. The predicted molar refractivity (Wildman–Crippen MR) is 84.0 cm³/mol. The van der Waals surface area contributed by atoms with Crippen LogP contribution in [0.25, 0.3) is 0 Å². The van der Waals surface area contributed by atoms with Gasteiger partial charge in [-0.1, -0.05) is 29.8 Å². The van der Waals surface area contributed by atoms with Crippen molar-refractivity contribution >= 4 is 27.9 Å². The number of esters is 2. The largest absolute Gasteiger partial charge is 0.466 e. The summed E-state index contributed by atoms with van der Waals surface area (Å²) < 4.78 is 11.1. The molecule has 1 aromatic rings. The monoisotopic (exact) mass is 356 g/mol. The van der Waals surface area contributed by atoms with E-state index in [0.29, 0.717) is 18.3 Å². The van der Waals surface area contributed by atoms with Gasteiger partial charge in [0.05, 0.1) is 19.4 Å². The first-order valence-electron chi connectivity index (χ1n) is 7.09. The summed E-state index contributed by atoms with van der Waals surface area (Å²) in [6, 6.07) is 6.94. The summed E-state index contributed by atoms with van der Waals surface area (Å²) in [6.45, 7) is 4.67. The highest BCUT2D eigenvalue weighted by atomic mass is 79.9.